The van der Waals surface area contributed by atoms with Crippen molar-refractivity contribution in [3.63, 3.8) is 0 Å². The van der Waals surface area contributed by atoms with Crippen molar-refractivity contribution in [2.24, 2.45) is 0 Å². The predicted molar refractivity (Wildman–Crippen MR) is 122 cm³/mol. The zero-order valence-electron chi connectivity index (χ0n) is 17.8. The van der Waals surface area contributed by atoms with Gasteiger partial charge in [0.25, 0.3) is 5.91 Å². The largest absolute Gasteiger partial charge is 0.488 e. The second-order valence-corrected chi connectivity index (χ2v) is 7.67. The summed E-state index contributed by atoms with van der Waals surface area (Å²) >= 11 is 0. The van der Waals surface area contributed by atoms with Crippen molar-refractivity contribution >= 4 is 27.7 Å². The molecule has 1 amide bonds. The molecule has 0 spiro atoms. The zero-order chi connectivity index (χ0) is 22.1. The zero-order valence-corrected chi connectivity index (χ0v) is 17.8. The summed E-state index contributed by atoms with van der Waals surface area (Å²) in [6, 6.07) is 19.4. The van der Waals surface area contributed by atoms with E-state index in [0.29, 0.717) is 22.9 Å². The van der Waals surface area contributed by atoms with E-state index in [9.17, 15) is 4.79 Å². The Bertz CT molecular complexity index is 1380. The fraction of sp³-hybridized carbons (Fsp3) is 0.160. The van der Waals surface area contributed by atoms with Crippen molar-refractivity contribution in [3.8, 4) is 5.75 Å². The van der Waals surface area contributed by atoms with Crippen molar-refractivity contribution in [3.05, 3.63) is 89.1 Å². The molecule has 7 heteroatoms. The van der Waals surface area contributed by atoms with Crippen molar-refractivity contribution in [1.82, 2.24) is 20.4 Å². The Hall–Kier alpha value is -4.13. The molecule has 0 aliphatic carbocycles. The molecule has 5 rings (SSSR count). The number of ether oxygens (including phenoxy) is 1. The molecule has 0 saturated carbocycles. The van der Waals surface area contributed by atoms with Gasteiger partial charge in [0.15, 0.2) is 0 Å². The van der Waals surface area contributed by atoms with Gasteiger partial charge in [0.05, 0.1) is 34.4 Å². The number of nitrogens with one attached hydrogen (secondary N) is 2. The molecule has 160 valence electrons. The minimum absolute atomic E-state index is 0.232. The van der Waals surface area contributed by atoms with Crippen LogP contribution in [0, 0.1) is 13.8 Å². The molecule has 0 unspecified atom stereocenters. The van der Waals surface area contributed by atoms with Crippen molar-refractivity contribution < 1.29 is 14.1 Å². The van der Waals surface area contributed by atoms with E-state index < -0.39 is 0 Å². The quantitative estimate of drug-likeness (QED) is 0.406. The number of benzene rings is 3. The van der Waals surface area contributed by atoms with Crippen LogP contribution in [0.4, 0.5) is 0 Å². The van der Waals surface area contributed by atoms with Crippen molar-refractivity contribution in [2.45, 2.75) is 27.0 Å². The fourth-order valence-electron chi connectivity index (χ4n) is 3.72. The van der Waals surface area contributed by atoms with E-state index in [1.54, 1.807) is 0 Å². The maximum Gasteiger partial charge on any atom is 0.255 e. The average Bonchev–Trinajstić information content (AvgIpc) is 3.37. The standard InChI is InChI=1S/C25H22N4O3/c1-15-20(16(2)32-29-15)14-31-23-12-18-8-4-3-7-17(18)11-19(23)25(30)26-13-24-27-21-9-5-6-10-22(21)28-24/h3-12H,13-14H2,1-2H3,(H,26,30)(H,27,28). The van der Waals surface area contributed by atoms with E-state index in [2.05, 4.69) is 20.4 Å². The van der Waals surface area contributed by atoms with Gasteiger partial charge in [-0.15, -0.1) is 0 Å². The van der Waals surface area contributed by atoms with Crippen LogP contribution in [0.1, 0.15) is 33.2 Å². The number of imidazole rings is 1. The first-order valence-electron chi connectivity index (χ1n) is 10.4. The Labute approximate surface area is 184 Å². The third kappa shape index (κ3) is 3.80. The molecule has 0 saturated heterocycles. The van der Waals surface area contributed by atoms with Crippen LogP contribution in [0.2, 0.25) is 0 Å². The number of carbonyl (C=O) groups excluding carboxylic acids is 1. The Morgan fingerprint density at radius 2 is 1.81 bits per heavy atom. The second-order valence-electron chi connectivity index (χ2n) is 7.67. The van der Waals surface area contributed by atoms with Gasteiger partial charge in [-0.25, -0.2) is 4.98 Å². The van der Waals surface area contributed by atoms with Crippen LogP contribution in [0.25, 0.3) is 21.8 Å². The van der Waals surface area contributed by atoms with Crippen LogP contribution in [0.15, 0.2) is 65.2 Å². The van der Waals surface area contributed by atoms with Crippen LogP contribution in [0.3, 0.4) is 0 Å². The highest BCUT2D eigenvalue weighted by molar-refractivity contribution is 6.01. The highest BCUT2D eigenvalue weighted by atomic mass is 16.5. The van der Waals surface area contributed by atoms with E-state index in [1.807, 2.05) is 74.5 Å². The van der Waals surface area contributed by atoms with Crippen LogP contribution in [-0.2, 0) is 13.2 Å². The summed E-state index contributed by atoms with van der Waals surface area (Å²) in [5.41, 5.74) is 3.93. The van der Waals surface area contributed by atoms with Gasteiger partial charge < -0.3 is 19.6 Å². The van der Waals surface area contributed by atoms with Crippen LogP contribution in [0.5, 0.6) is 5.75 Å². The number of para-hydroxylation sites is 2. The summed E-state index contributed by atoms with van der Waals surface area (Å²) < 4.78 is 11.3. The van der Waals surface area contributed by atoms with E-state index in [0.717, 1.165) is 33.1 Å². The normalized spacial score (nSPS) is 11.2. The molecule has 0 aliphatic rings. The lowest BCUT2D eigenvalue weighted by atomic mass is 10.1. The lowest BCUT2D eigenvalue weighted by Gasteiger charge is -2.13. The Kier molecular flexibility index (Phi) is 5.07. The molecule has 2 heterocycles. The SMILES string of the molecule is Cc1noc(C)c1COc1cc2ccccc2cc1C(=O)NCc1nc2ccccc2[nH]1. The van der Waals surface area contributed by atoms with Gasteiger partial charge in [0, 0.05) is 0 Å². The summed E-state index contributed by atoms with van der Waals surface area (Å²) in [7, 11) is 0. The minimum Gasteiger partial charge on any atom is -0.488 e. The molecular weight excluding hydrogens is 404 g/mol. The average molecular weight is 426 g/mol. The molecule has 0 aliphatic heterocycles. The predicted octanol–water partition coefficient (Wildman–Crippen LogP) is 4.83. The molecule has 3 aromatic carbocycles. The number of hydrogen-bond acceptors (Lipinski definition) is 5. The second kappa shape index (κ2) is 8.19. The molecule has 0 bridgehead atoms. The third-order valence-electron chi connectivity index (χ3n) is 5.50. The first-order chi connectivity index (χ1) is 15.6. The molecule has 2 aromatic heterocycles. The summed E-state index contributed by atoms with van der Waals surface area (Å²) in [5, 5.41) is 8.89. The van der Waals surface area contributed by atoms with Crippen molar-refractivity contribution in [2.75, 3.05) is 0 Å². The number of rotatable bonds is 6. The van der Waals surface area contributed by atoms with E-state index in [4.69, 9.17) is 9.26 Å². The topological polar surface area (TPSA) is 93.0 Å². The number of carbonyl (C=O) groups is 1. The van der Waals surface area contributed by atoms with Crippen LogP contribution < -0.4 is 10.1 Å². The minimum atomic E-state index is -0.232. The Morgan fingerprint density at radius 3 is 2.56 bits per heavy atom. The number of aromatic amines is 1. The van der Waals surface area contributed by atoms with E-state index in [1.165, 1.54) is 0 Å². The summed E-state index contributed by atoms with van der Waals surface area (Å²) in [6.07, 6.45) is 0. The van der Waals surface area contributed by atoms with Crippen LogP contribution >= 0.6 is 0 Å². The fourth-order valence-corrected chi connectivity index (χ4v) is 3.72. The lowest BCUT2D eigenvalue weighted by molar-refractivity contribution is 0.0945. The third-order valence-corrected chi connectivity index (χ3v) is 5.50. The Balaban J connectivity index is 1.41. The van der Waals surface area contributed by atoms with Crippen molar-refractivity contribution in [1.29, 1.82) is 0 Å². The molecular formula is C25H22N4O3. The number of aromatic nitrogens is 3. The molecule has 7 nitrogen and oxygen atoms in total. The Morgan fingerprint density at radius 1 is 1.06 bits per heavy atom. The number of hydrogen-bond donors (Lipinski definition) is 2. The summed E-state index contributed by atoms with van der Waals surface area (Å²) in [5.74, 6) is 1.67. The summed E-state index contributed by atoms with van der Waals surface area (Å²) in [6.45, 7) is 4.27. The highest BCUT2D eigenvalue weighted by Crippen LogP contribution is 2.28. The first-order valence-corrected chi connectivity index (χ1v) is 10.4. The monoisotopic (exact) mass is 426 g/mol. The highest BCUT2D eigenvalue weighted by Gasteiger charge is 2.17. The molecule has 0 atom stereocenters. The smallest absolute Gasteiger partial charge is 0.255 e. The molecule has 32 heavy (non-hydrogen) atoms. The number of nitrogens with zero attached hydrogens (tertiary/aromatic N) is 2. The number of H-pyrrole nitrogens is 1. The van der Waals surface area contributed by atoms with Gasteiger partial charge in [0.1, 0.15) is 23.9 Å². The maximum atomic E-state index is 13.1. The van der Waals surface area contributed by atoms with Crippen LogP contribution in [-0.4, -0.2) is 21.0 Å². The van der Waals surface area contributed by atoms with Gasteiger partial charge in [-0.1, -0.05) is 41.6 Å². The molecule has 0 radical (unpaired) electrons. The van der Waals surface area contributed by atoms with Gasteiger partial charge in [-0.3, -0.25) is 4.79 Å². The van der Waals surface area contributed by atoms with Gasteiger partial charge >= 0.3 is 0 Å². The number of aryl methyl sites for hydroxylation is 2. The van der Waals surface area contributed by atoms with E-state index in [-0.39, 0.29) is 19.1 Å². The van der Waals surface area contributed by atoms with Gasteiger partial charge in [0.2, 0.25) is 0 Å². The van der Waals surface area contributed by atoms with Gasteiger partial charge in [-0.2, -0.15) is 0 Å². The molecule has 5 aromatic rings. The van der Waals surface area contributed by atoms with E-state index >= 15 is 0 Å². The lowest BCUT2D eigenvalue weighted by Crippen LogP contribution is -2.24. The van der Waals surface area contributed by atoms with Gasteiger partial charge in [-0.05, 0) is 48.9 Å². The number of fused-ring (bicyclic) bond motifs is 2. The number of amides is 1. The summed E-state index contributed by atoms with van der Waals surface area (Å²) in [4.78, 5) is 20.9. The molecule has 2 N–H and O–H groups in total. The first kappa shape index (κ1) is 19.8. The maximum absolute atomic E-state index is 13.1. The molecule has 0 fully saturated rings.